The molecule has 0 aromatic carbocycles. The highest BCUT2D eigenvalue weighted by atomic mass is 31.2. The molecule has 0 bridgehead atoms. The topological polar surface area (TPSA) is 172 Å². The Balaban J connectivity index is 4.52. The summed E-state index contributed by atoms with van der Waals surface area (Å²) in [5, 5.41) is 8.87. The van der Waals surface area contributed by atoms with Crippen molar-refractivity contribution in [2.24, 2.45) is 5.73 Å². The lowest BCUT2D eigenvalue weighted by molar-refractivity contribution is -0.161. The van der Waals surface area contributed by atoms with Crippen molar-refractivity contribution >= 4 is 25.7 Å². The van der Waals surface area contributed by atoms with Crippen molar-refractivity contribution in [2.45, 2.75) is 167 Å². The van der Waals surface area contributed by atoms with Crippen LogP contribution in [0.25, 0.3) is 0 Å². The van der Waals surface area contributed by atoms with E-state index in [9.17, 15) is 23.8 Å². The van der Waals surface area contributed by atoms with Crippen molar-refractivity contribution in [1.29, 1.82) is 0 Å². The number of nitrogens with two attached hydrogens (primary N) is 1. The molecule has 0 aliphatic heterocycles. The number of hydrogen-bond acceptors (Lipinski definition) is 9. The van der Waals surface area contributed by atoms with Gasteiger partial charge in [-0.25, -0.2) is 4.57 Å². The van der Waals surface area contributed by atoms with Crippen molar-refractivity contribution in [2.75, 3.05) is 19.8 Å². The second-order valence-electron chi connectivity index (χ2n) is 13.4. The fourth-order valence-corrected chi connectivity index (χ4v) is 5.88. The Morgan fingerprint density at radius 2 is 1.04 bits per heavy atom. The standard InChI is InChI=1S/C42H72NO10P/c1-3-5-7-9-11-13-15-17-18-19-20-22-24-26-28-30-32-34-41(45)53-38(36-51-54(48,49)52-37-39(43)42(46)47)35-50-40(44)33-31-29-27-25-23-21-16-14-12-10-8-6-4-2/h5,7,11,13,17-18,20,22,26,28,38-39H,3-4,6,8-10,12,14-16,19,21,23-25,27,29-37,43H2,1-2H3,(H,46,47)(H,48,49)/b7-5-,13-11-,18-17-,22-20-,28-26-. The third-order valence-electron chi connectivity index (χ3n) is 8.28. The SMILES string of the molecule is CC/C=C\C/C=C\C/C=C\C/C=C\C/C=C\CCCC(=O)OC(COC(=O)CCCCCCCCCCCCCCC)COP(=O)(O)OCC(N)C(=O)O. The first-order valence-corrected chi connectivity index (χ1v) is 21.8. The molecule has 0 spiro atoms. The Morgan fingerprint density at radius 1 is 0.593 bits per heavy atom. The molecule has 0 radical (unpaired) electrons. The maximum atomic E-state index is 12.6. The summed E-state index contributed by atoms with van der Waals surface area (Å²) in [4.78, 5) is 45.8. The van der Waals surface area contributed by atoms with Crippen LogP contribution in [0.1, 0.15) is 155 Å². The zero-order valence-electron chi connectivity index (χ0n) is 33.3. The molecule has 4 N–H and O–H groups in total. The summed E-state index contributed by atoms with van der Waals surface area (Å²) < 4.78 is 32.6. The summed E-state index contributed by atoms with van der Waals surface area (Å²) >= 11 is 0. The molecule has 0 heterocycles. The van der Waals surface area contributed by atoms with Gasteiger partial charge in [-0.1, -0.05) is 152 Å². The third kappa shape index (κ3) is 36.2. The number of carbonyl (C=O) groups is 3. The Morgan fingerprint density at radius 3 is 1.54 bits per heavy atom. The van der Waals surface area contributed by atoms with Crippen LogP contribution in [0.2, 0.25) is 0 Å². The van der Waals surface area contributed by atoms with E-state index in [2.05, 4.69) is 67.0 Å². The van der Waals surface area contributed by atoms with Gasteiger partial charge in [-0.2, -0.15) is 0 Å². The highest BCUT2D eigenvalue weighted by Crippen LogP contribution is 2.43. The van der Waals surface area contributed by atoms with Gasteiger partial charge in [0.05, 0.1) is 13.2 Å². The molecule has 0 fully saturated rings. The van der Waals surface area contributed by atoms with E-state index in [1.54, 1.807) is 0 Å². The van der Waals surface area contributed by atoms with Crippen molar-refractivity contribution in [3.63, 3.8) is 0 Å². The number of allylic oxidation sites excluding steroid dienone is 10. The average molecular weight is 782 g/mol. The molecule has 11 nitrogen and oxygen atoms in total. The van der Waals surface area contributed by atoms with Crippen molar-refractivity contribution in [3.8, 4) is 0 Å². The van der Waals surface area contributed by atoms with Crippen molar-refractivity contribution < 1.29 is 47.5 Å². The lowest BCUT2D eigenvalue weighted by Crippen LogP contribution is -2.34. The number of ether oxygens (including phenoxy) is 2. The molecule has 0 saturated carbocycles. The maximum absolute atomic E-state index is 12.6. The predicted molar refractivity (Wildman–Crippen MR) is 217 cm³/mol. The molecule has 0 aromatic rings. The van der Waals surface area contributed by atoms with Gasteiger partial charge in [0.25, 0.3) is 0 Å². The van der Waals surface area contributed by atoms with Crippen LogP contribution in [0.3, 0.4) is 0 Å². The van der Waals surface area contributed by atoms with E-state index in [1.165, 1.54) is 57.8 Å². The van der Waals surface area contributed by atoms with E-state index in [1.807, 2.05) is 12.2 Å². The monoisotopic (exact) mass is 781 g/mol. The predicted octanol–water partition coefficient (Wildman–Crippen LogP) is 10.4. The van der Waals surface area contributed by atoms with Crippen LogP contribution in [0.4, 0.5) is 0 Å². The number of rotatable bonds is 37. The van der Waals surface area contributed by atoms with Gasteiger partial charge in [0.15, 0.2) is 6.10 Å². The molecular weight excluding hydrogens is 709 g/mol. The van der Waals surface area contributed by atoms with E-state index in [-0.39, 0.29) is 19.4 Å². The molecular formula is C42H72NO10P. The minimum absolute atomic E-state index is 0.0818. The molecule has 310 valence electrons. The summed E-state index contributed by atoms with van der Waals surface area (Å²) in [6.45, 7) is 2.61. The van der Waals surface area contributed by atoms with E-state index in [0.29, 0.717) is 19.3 Å². The second-order valence-corrected chi connectivity index (χ2v) is 14.8. The molecule has 0 aliphatic carbocycles. The molecule has 3 atom stereocenters. The average Bonchev–Trinajstić information content (AvgIpc) is 3.14. The summed E-state index contributed by atoms with van der Waals surface area (Å²) in [6.07, 6.45) is 41.5. The molecule has 0 aliphatic rings. The van der Waals surface area contributed by atoms with E-state index < -0.39 is 51.1 Å². The highest BCUT2D eigenvalue weighted by Gasteiger charge is 2.28. The summed E-state index contributed by atoms with van der Waals surface area (Å²) in [5.41, 5.74) is 5.32. The van der Waals surface area contributed by atoms with Gasteiger partial charge in [0, 0.05) is 12.8 Å². The van der Waals surface area contributed by atoms with Gasteiger partial charge in [0.2, 0.25) is 0 Å². The molecule has 12 heteroatoms. The number of carbonyl (C=O) groups excluding carboxylic acids is 2. The number of unbranched alkanes of at least 4 members (excludes halogenated alkanes) is 13. The quantitative estimate of drug-likeness (QED) is 0.0237. The van der Waals surface area contributed by atoms with Crippen molar-refractivity contribution in [1.82, 2.24) is 0 Å². The largest absolute Gasteiger partial charge is 0.480 e. The lowest BCUT2D eigenvalue weighted by Gasteiger charge is -2.20. The van der Waals surface area contributed by atoms with Gasteiger partial charge >= 0.3 is 25.7 Å². The number of phosphoric ester groups is 1. The van der Waals surface area contributed by atoms with E-state index in [0.717, 1.165) is 51.4 Å². The van der Waals surface area contributed by atoms with Gasteiger partial charge in [-0.3, -0.25) is 23.4 Å². The molecule has 54 heavy (non-hydrogen) atoms. The van der Waals surface area contributed by atoms with Crippen LogP contribution < -0.4 is 5.73 Å². The Kier molecular flexibility index (Phi) is 35.2. The fourth-order valence-electron chi connectivity index (χ4n) is 5.10. The summed E-state index contributed by atoms with van der Waals surface area (Å²) in [6, 6.07) is -1.53. The zero-order chi connectivity index (χ0) is 40.0. The van der Waals surface area contributed by atoms with Crippen LogP contribution in [0.5, 0.6) is 0 Å². The number of carboxylic acids is 1. The number of carboxylic acid groups (broad SMARTS) is 1. The van der Waals surface area contributed by atoms with Crippen LogP contribution >= 0.6 is 7.82 Å². The summed E-state index contributed by atoms with van der Waals surface area (Å²) in [7, 11) is -4.73. The van der Waals surface area contributed by atoms with Crippen LogP contribution in [-0.2, 0) is 37.5 Å². The zero-order valence-corrected chi connectivity index (χ0v) is 34.2. The molecule has 0 amide bonds. The van der Waals surface area contributed by atoms with Crippen LogP contribution in [0, 0.1) is 0 Å². The maximum Gasteiger partial charge on any atom is 0.472 e. The first-order valence-electron chi connectivity index (χ1n) is 20.3. The van der Waals surface area contributed by atoms with E-state index >= 15 is 0 Å². The molecule has 0 aromatic heterocycles. The molecule has 0 rings (SSSR count). The first kappa shape index (κ1) is 51.2. The van der Waals surface area contributed by atoms with Gasteiger partial charge < -0.3 is 25.2 Å². The van der Waals surface area contributed by atoms with Crippen LogP contribution in [-0.4, -0.2) is 59.9 Å². The third-order valence-corrected chi connectivity index (χ3v) is 9.23. The van der Waals surface area contributed by atoms with Gasteiger partial charge in [-0.15, -0.1) is 0 Å². The smallest absolute Gasteiger partial charge is 0.472 e. The second kappa shape index (κ2) is 37.1. The molecule has 0 saturated heterocycles. The van der Waals surface area contributed by atoms with Crippen LogP contribution in [0.15, 0.2) is 60.8 Å². The highest BCUT2D eigenvalue weighted by molar-refractivity contribution is 7.47. The Hall–Kier alpha value is -2.82. The van der Waals surface area contributed by atoms with Crippen molar-refractivity contribution in [3.05, 3.63) is 60.8 Å². The minimum atomic E-state index is -4.73. The number of aliphatic carboxylic acids is 1. The Bertz CT molecular complexity index is 1150. The normalized spacial score (nSPS) is 14.4. The minimum Gasteiger partial charge on any atom is -0.480 e. The van der Waals surface area contributed by atoms with Gasteiger partial charge in [-0.05, 0) is 51.4 Å². The van der Waals surface area contributed by atoms with E-state index in [4.69, 9.17) is 24.8 Å². The van der Waals surface area contributed by atoms with Gasteiger partial charge in [0.1, 0.15) is 12.6 Å². The summed E-state index contributed by atoms with van der Waals surface area (Å²) in [5.74, 6) is -2.46. The fraction of sp³-hybridized carbons (Fsp3) is 0.690. The first-order chi connectivity index (χ1) is 26.1. The number of esters is 2. The number of hydrogen-bond donors (Lipinski definition) is 3. The lowest BCUT2D eigenvalue weighted by atomic mass is 10.0. The Labute approximate surface area is 326 Å². The molecule has 3 unspecified atom stereocenters. The number of phosphoric acid groups is 1.